The second kappa shape index (κ2) is 10.6. The molecule has 160 valence electrons. The first-order valence-corrected chi connectivity index (χ1v) is 10.1. The second-order valence-corrected chi connectivity index (χ2v) is 7.40. The van der Waals surface area contributed by atoms with Gasteiger partial charge in [-0.3, -0.25) is 9.59 Å². The maximum atomic E-state index is 12.5. The van der Waals surface area contributed by atoms with E-state index >= 15 is 0 Å². The molecular formula is C24H29NO5. The fourth-order valence-electron chi connectivity index (χ4n) is 2.94. The number of Topliss-reactive ketones (excluding diaryl/α,β-unsaturated/α-hetero) is 1. The molecule has 0 saturated heterocycles. The molecule has 0 spiro atoms. The Bertz CT molecular complexity index is 902. The number of hydrogen-bond acceptors (Lipinski definition) is 5. The summed E-state index contributed by atoms with van der Waals surface area (Å²) in [5, 5.41) is 2.87. The number of hydrogen-bond donors (Lipinski definition) is 1. The zero-order valence-electron chi connectivity index (χ0n) is 18.2. The number of anilines is 1. The third-order valence-corrected chi connectivity index (χ3v) is 4.71. The molecule has 2 aromatic carbocycles. The highest BCUT2D eigenvalue weighted by Gasteiger charge is 2.20. The van der Waals surface area contributed by atoms with Crippen LogP contribution in [0.1, 0.15) is 61.5 Å². The summed E-state index contributed by atoms with van der Waals surface area (Å²) in [5.74, 6) is -0.332. The second-order valence-electron chi connectivity index (χ2n) is 7.40. The van der Waals surface area contributed by atoms with Gasteiger partial charge in [0.05, 0.1) is 0 Å². The van der Waals surface area contributed by atoms with Gasteiger partial charge < -0.3 is 14.8 Å². The van der Waals surface area contributed by atoms with E-state index in [2.05, 4.69) is 19.2 Å². The van der Waals surface area contributed by atoms with Crippen LogP contribution >= 0.6 is 0 Å². The van der Waals surface area contributed by atoms with Crippen molar-refractivity contribution >= 4 is 23.3 Å². The number of para-hydroxylation sites is 1. The molecule has 0 heterocycles. The normalized spacial score (nSPS) is 11.7. The predicted molar refractivity (Wildman–Crippen MR) is 116 cm³/mol. The zero-order chi connectivity index (χ0) is 22.3. The van der Waals surface area contributed by atoms with Crippen molar-refractivity contribution in [2.45, 2.75) is 53.1 Å². The summed E-state index contributed by atoms with van der Waals surface area (Å²) in [7, 11) is 0. The zero-order valence-corrected chi connectivity index (χ0v) is 18.2. The van der Waals surface area contributed by atoms with Gasteiger partial charge in [-0.2, -0.15) is 0 Å². The maximum absolute atomic E-state index is 12.5. The lowest BCUT2D eigenvalue weighted by molar-refractivity contribution is -0.155. The molecule has 0 unspecified atom stereocenters. The van der Waals surface area contributed by atoms with Crippen molar-refractivity contribution < 1.29 is 23.9 Å². The number of ketones is 1. The number of amides is 1. The standard InChI is InChI=1S/C24H29NO5/c1-6-21(26)18-10-12-19(13-11-18)29-14-22(27)30-17(5)24(28)25-23-16(4)8-7-9-20(23)15(2)3/h7-13,15,17H,6,14H2,1-5H3,(H,25,28)/t17-/m1/s1. The summed E-state index contributed by atoms with van der Waals surface area (Å²) >= 11 is 0. The van der Waals surface area contributed by atoms with E-state index in [1.165, 1.54) is 6.92 Å². The SMILES string of the molecule is CCC(=O)c1ccc(OCC(=O)O[C@H](C)C(=O)Nc2c(C)cccc2C(C)C)cc1. The van der Waals surface area contributed by atoms with Crippen LogP contribution in [0.4, 0.5) is 5.69 Å². The molecule has 0 aliphatic rings. The van der Waals surface area contributed by atoms with E-state index in [1.807, 2.05) is 25.1 Å². The number of benzene rings is 2. The molecule has 0 aromatic heterocycles. The minimum Gasteiger partial charge on any atom is -0.482 e. The van der Waals surface area contributed by atoms with Crippen LogP contribution in [0.25, 0.3) is 0 Å². The van der Waals surface area contributed by atoms with Crippen molar-refractivity contribution in [1.29, 1.82) is 0 Å². The van der Waals surface area contributed by atoms with E-state index in [-0.39, 0.29) is 18.3 Å². The first-order valence-electron chi connectivity index (χ1n) is 10.1. The molecular weight excluding hydrogens is 382 g/mol. The summed E-state index contributed by atoms with van der Waals surface area (Å²) in [6.45, 7) is 9.01. The Balaban J connectivity index is 1.90. The lowest BCUT2D eigenvalue weighted by atomic mass is 9.98. The third kappa shape index (κ3) is 6.17. The molecule has 0 aliphatic heterocycles. The fraction of sp³-hybridized carbons (Fsp3) is 0.375. The van der Waals surface area contributed by atoms with Crippen LogP contribution in [0, 0.1) is 6.92 Å². The van der Waals surface area contributed by atoms with Gasteiger partial charge in [-0.05, 0) is 55.2 Å². The quantitative estimate of drug-likeness (QED) is 0.479. The van der Waals surface area contributed by atoms with Gasteiger partial charge in [-0.15, -0.1) is 0 Å². The highest BCUT2D eigenvalue weighted by molar-refractivity contribution is 5.97. The fourth-order valence-corrected chi connectivity index (χ4v) is 2.94. The summed E-state index contributed by atoms with van der Waals surface area (Å²) in [6, 6.07) is 12.4. The summed E-state index contributed by atoms with van der Waals surface area (Å²) in [5.41, 5.74) is 3.31. The molecule has 1 N–H and O–H groups in total. The Labute approximate surface area is 177 Å². The van der Waals surface area contributed by atoms with Gasteiger partial charge in [0.25, 0.3) is 5.91 Å². The first kappa shape index (κ1) is 23.1. The largest absolute Gasteiger partial charge is 0.482 e. The molecule has 0 radical (unpaired) electrons. The molecule has 2 rings (SSSR count). The first-order chi connectivity index (χ1) is 14.2. The Morgan fingerprint density at radius 3 is 2.27 bits per heavy atom. The molecule has 2 aromatic rings. The highest BCUT2D eigenvalue weighted by atomic mass is 16.6. The molecule has 0 aliphatic carbocycles. The van der Waals surface area contributed by atoms with Crippen molar-refractivity contribution in [2.24, 2.45) is 0 Å². The Morgan fingerprint density at radius 2 is 1.67 bits per heavy atom. The molecule has 1 amide bonds. The van der Waals surface area contributed by atoms with Crippen molar-refractivity contribution in [3.05, 3.63) is 59.2 Å². The molecule has 0 saturated carbocycles. The smallest absolute Gasteiger partial charge is 0.344 e. The lowest BCUT2D eigenvalue weighted by Gasteiger charge is -2.19. The number of esters is 1. The van der Waals surface area contributed by atoms with Crippen molar-refractivity contribution in [3.8, 4) is 5.75 Å². The number of ether oxygens (including phenoxy) is 2. The van der Waals surface area contributed by atoms with Crippen molar-refractivity contribution in [3.63, 3.8) is 0 Å². The van der Waals surface area contributed by atoms with Crippen LogP contribution in [0.2, 0.25) is 0 Å². The molecule has 6 heteroatoms. The van der Waals surface area contributed by atoms with E-state index < -0.39 is 18.0 Å². The topological polar surface area (TPSA) is 81.7 Å². The van der Waals surface area contributed by atoms with Crippen LogP contribution < -0.4 is 10.1 Å². The van der Waals surface area contributed by atoms with Crippen molar-refractivity contribution in [2.75, 3.05) is 11.9 Å². The van der Waals surface area contributed by atoms with Gasteiger partial charge in [0.1, 0.15) is 5.75 Å². The Hall–Kier alpha value is -3.15. The van der Waals surface area contributed by atoms with Gasteiger partial charge in [0.2, 0.25) is 0 Å². The molecule has 0 bridgehead atoms. The Kier molecular flexibility index (Phi) is 8.16. The summed E-state index contributed by atoms with van der Waals surface area (Å²) in [4.78, 5) is 36.2. The number of rotatable bonds is 9. The minimum absolute atomic E-state index is 0.0371. The van der Waals surface area contributed by atoms with Crippen LogP contribution in [0.15, 0.2) is 42.5 Å². The van der Waals surface area contributed by atoms with Crippen molar-refractivity contribution in [1.82, 2.24) is 0 Å². The third-order valence-electron chi connectivity index (χ3n) is 4.71. The monoisotopic (exact) mass is 411 g/mol. The number of nitrogens with one attached hydrogen (secondary N) is 1. The predicted octanol–water partition coefficient (Wildman–Crippen LogP) is 4.66. The molecule has 0 fully saturated rings. The average Bonchev–Trinajstić information content (AvgIpc) is 2.73. The number of aryl methyl sites for hydroxylation is 1. The molecule has 1 atom stereocenters. The van der Waals surface area contributed by atoms with E-state index in [0.29, 0.717) is 17.7 Å². The highest BCUT2D eigenvalue weighted by Crippen LogP contribution is 2.27. The van der Waals surface area contributed by atoms with Gasteiger partial charge in [0, 0.05) is 17.7 Å². The average molecular weight is 411 g/mol. The van der Waals surface area contributed by atoms with E-state index in [1.54, 1.807) is 31.2 Å². The van der Waals surface area contributed by atoms with E-state index in [9.17, 15) is 14.4 Å². The van der Waals surface area contributed by atoms with Gasteiger partial charge in [-0.25, -0.2) is 4.79 Å². The molecule has 6 nitrogen and oxygen atoms in total. The summed E-state index contributed by atoms with van der Waals surface area (Å²) in [6.07, 6.45) is -0.543. The van der Waals surface area contributed by atoms with Gasteiger partial charge in [0.15, 0.2) is 18.5 Å². The van der Waals surface area contributed by atoms with Crippen LogP contribution in [0.5, 0.6) is 5.75 Å². The van der Waals surface area contributed by atoms with Gasteiger partial charge >= 0.3 is 5.97 Å². The number of carbonyl (C=O) groups is 3. The van der Waals surface area contributed by atoms with Crippen LogP contribution in [-0.2, 0) is 14.3 Å². The number of carbonyl (C=O) groups excluding carboxylic acids is 3. The summed E-state index contributed by atoms with van der Waals surface area (Å²) < 4.78 is 10.6. The maximum Gasteiger partial charge on any atom is 0.344 e. The van der Waals surface area contributed by atoms with Crippen LogP contribution in [0.3, 0.4) is 0 Å². The van der Waals surface area contributed by atoms with E-state index in [0.717, 1.165) is 16.8 Å². The lowest BCUT2D eigenvalue weighted by Crippen LogP contribution is -2.32. The van der Waals surface area contributed by atoms with Gasteiger partial charge in [-0.1, -0.05) is 39.0 Å². The Morgan fingerprint density at radius 1 is 1.00 bits per heavy atom. The van der Waals surface area contributed by atoms with Crippen LogP contribution in [-0.4, -0.2) is 30.4 Å². The molecule has 30 heavy (non-hydrogen) atoms. The minimum atomic E-state index is -0.967. The van der Waals surface area contributed by atoms with E-state index in [4.69, 9.17) is 9.47 Å².